The van der Waals surface area contributed by atoms with Gasteiger partial charge in [-0.2, -0.15) is 0 Å². The molecular formula is C16H27ClO2. The zero-order valence-corrected chi connectivity index (χ0v) is 13.5. The first-order chi connectivity index (χ1) is 8.93. The highest BCUT2D eigenvalue weighted by Crippen LogP contribution is 2.51. The molecule has 2 nitrogen and oxygen atoms in total. The minimum atomic E-state index is -0.580. The fourth-order valence-corrected chi connectivity index (χ4v) is 3.97. The molecule has 1 saturated heterocycles. The summed E-state index contributed by atoms with van der Waals surface area (Å²) < 4.78 is 11.8. The first-order valence-electron chi connectivity index (χ1n) is 7.55. The van der Waals surface area contributed by atoms with Crippen molar-refractivity contribution in [3.63, 3.8) is 0 Å². The molecule has 1 heterocycles. The molecule has 110 valence electrons. The first kappa shape index (κ1) is 15.3. The van der Waals surface area contributed by atoms with Crippen LogP contribution in [0.3, 0.4) is 0 Å². The molecule has 0 N–H and O–H groups in total. The number of rotatable bonds is 4. The summed E-state index contributed by atoms with van der Waals surface area (Å²) in [7, 11) is 0. The molecule has 2 rings (SSSR count). The summed E-state index contributed by atoms with van der Waals surface area (Å²) >= 11 is 6.66. The molecule has 0 amide bonds. The largest absolute Gasteiger partial charge is 0.346 e. The molecule has 2 aliphatic rings. The quantitative estimate of drug-likeness (QED) is 0.425. The monoisotopic (exact) mass is 286 g/mol. The van der Waals surface area contributed by atoms with Crippen LogP contribution in [0.2, 0.25) is 0 Å². The Morgan fingerprint density at radius 3 is 2.42 bits per heavy atom. The van der Waals surface area contributed by atoms with Gasteiger partial charge in [0.2, 0.25) is 0 Å². The van der Waals surface area contributed by atoms with E-state index >= 15 is 0 Å². The smallest absolute Gasteiger partial charge is 0.189 e. The van der Waals surface area contributed by atoms with Gasteiger partial charge in [0.15, 0.2) is 5.79 Å². The van der Waals surface area contributed by atoms with Gasteiger partial charge >= 0.3 is 0 Å². The summed E-state index contributed by atoms with van der Waals surface area (Å²) in [5.74, 6) is -0.580. The number of unbranched alkanes of at least 4 members (excludes halogenated alkanes) is 2. The molecular weight excluding hydrogens is 260 g/mol. The van der Waals surface area contributed by atoms with E-state index < -0.39 is 5.79 Å². The zero-order chi connectivity index (χ0) is 14.1. The maximum absolute atomic E-state index is 6.66. The maximum atomic E-state index is 6.66. The van der Waals surface area contributed by atoms with E-state index in [1.165, 1.54) is 30.4 Å². The molecule has 0 radical (unpaired) electrons. The van der Waals surface area contributed by atoms with Crippen LogP contribution in [0.4, 0.5) is 0 Å². The van der Waals surface area contributed by atoms with Crippen LogP contribution in [-0.4, -0.2) is 24.4 Å². The van der Waals surface area contributed by atoms with E-state index in [2.05, 4.69) is 27.7 Å². The van der Waals surface area contributed by atoms with E-state index in [9.17, 15) is 0 Å². The number of hydrogen-bond acceptors (Lipinski definition) is 2. The highest BCUT2D eigenvalue weighted by molar-refractivity contribution is 6.23. The van der Waals surface area contributed by atoms with Gasteiger partial charge < -0.3 is 9.47 Å². The SMILES string of the molecule is CCCCCC1=C(C)C(Cl)C2(CC1(C)C)OCCO2. The third-order valence-electron chi connectivity index (χ3n) is 4.55. The van der Waals surface area contributed by atoms with Gasteiger partial charge in [0, 0.05) is 6.42 Å². The molecule has 1 fully saturated rings. The van der Waals surface area contributed by atoms with Crippen LogP contribution in [0.1, 0.15) is 59.8 Å². The molecule has 1 unspecified atom stereocenters. The third-order valence-corrected chi connectivity index (χ3v) is 5.21. The average molecular weight is 287 g/mol. The van der Waals surface area contributed by atoms with Crippen molar-refractivity contribution in [2.45, 2.75) is 71.0 Å². The molecule has 19 heavy (non-hydrogen) atoms. The van der Waals surface area contributed by atoms with Gasteiger partial charge in [0.05, 0.1) is 13.2 Å². The van der Waals surface area contributed by atoms with Gasteiger partial charge in [-0.15, -0.1) is 11.6 Å². The second-order valence-electron chi connectivity index (χ2n) is 6.55. The lowest BCUT2D eigenvalue weighted by atomic mass is 9.68. The van der Waals surface area contributed by atoms with Crippen LogP contribution < -0.4 is 0 Å². The molecule has 3 heteroatoms. The van der Waals surface area contributed by atoms with Crippen LogP contribution in [-0.2, 0) is 9.47 Å². The van der Waals surface area contributed by atoms with Crippen LogP contribution in [0.15, 0.2) is 11.1 Å². The zero-order valence-electron chi connectivity index (χ0n) is 12.7. The molecule has 0 saturated carbocycles. The summed E-state index contributed by atoms with van der Waals surface area (Å²) in [4.78, 5) is 0. The Morgan fingerprint density at radius 1 is 1.21 bits per heavy atom. The predicted molar refractivity (Wildman–Crippen MR) is 79.5 cm³/mol. The van der Waals surface area contributed by atoms with Gasteiger partial charge in [0.25, 0.3) is 0 Å². The number of halogens is 1. The van der Waals surface area contributed by atoms with Crippen LogP contribution >= 0.6 is 11.6 Å². The summed E-state index contributed by atoms with van der Waals surface area (Å²) in [6.45, 7) is 10.3. The van der Waals surface area contributed by atoms with Gasteiger partial charge in [-0.3, -0.25) is 0 Å². The minimum Gasteiger partial charge on any atom is -0.346 e. The fourth-order valence-electron chi connectivity index (χ4n) is 3.64. The highest BCUT2D eigenvalue weighted by Gasteiger charge is 2.52. The van der Waals surface area contributed by atoms with Crippen LogP contribution in [0, 0.1) is 5.41 Å². The molecule has 1 spiro atoms. The first-order valence-corrected chi connectivity index (χ1v) is 7.99. The van der Waals surface area contributed by atoms with Crippen molar-refractivity contribution in [1.82, 2.24) is 0 Å². The normalized spacial score (nSPS) is 29.2. The minimum absolute atomic E-state index is 0.119. The van der Waals surface area contributed by atoms with Gasteiger partial charge in [0.1, 0.15) is 5.38 Å². The fraction of sp³-hybridized carbons (Fsp3) is 0.875. The summed E-state index contributed by atoms with van der Waals surface area (Å²) in [6, 6.07) is 0. The topological polar surface area (TPSA) is 18.5 Å². The van der Waals surface area contributed by atoms with E-state index in [0.717, 1.165) is 12.8 Å². The Balaban J connectivity index is 2.23. The van der Waals surface area contributed by atoms with Crippen molar-refractivity contribution in [3.05, 3.63) is 11.1 Å². The summed E-state index contributed by atoms with van der Waals surface area (Å²) in [5, 5.41) is -0.139. The lowest BCUT2D eigenvalue weighted by molar-refractivity contribution is -0.176. The number of hydrogen-bond donors (Lipinski definition) is 0. The Hall–Kier alpha value is -0.0500. The maximum Gasteiger partial charge on any atom is 0.189 e. The Labute approximate surface area is 122 Å². The lowest BCUT2D eigenvalue weighted by Crippen LogP contribution is -2.49. The number of ether oxygens (including phenoxy) is 2. The second-order valence-corrected chi connectivity index (χ2v) is 6.99. The van der Waals surface area contributed by atoms with E-state index in [0.29, 0.717) is 13.2 Å². The van der Waals surface area contributed by atoms with Gasteiger partial charge in [-0.25, -0.2) is 0 Å². The molecule has 0 aromatic rings. The van der Waals surface area contributed by atoms with E-state index in [1.807, 2.05) is 0 Å². The molecule has 1 atom stereocenters. The Morgan fingerprint density at radius 2 is 1.84 bits per heavy atom. The molecule has 0 aromatic heterocycles. The molecule has 1 aliphatic heterocycles. The summed E-state index contributed by atoms with van der Waals surface area (Å²) in [5.41, 5.74) is 2.91. The summed E-state index contributed by atoms with van der Waals surface area (Å²) in [6.07, 6.45) is 5.83. The van der Waals surface area contributed by atoms with Crippen molar-refractivity contribution >= 4 is 11.6 Å². The molecule has 0 bridgehead atoms. The van der Waals surface area contributed by atoms with Crippen molar-refractivity contribution in [2.24, 2.45) is 5.41 Å². The van der Waals surface area contributed by atoms with Gasteiger partial charge in [-0.05, 0) is 25.2 Å². The lowest BCUT2D eigenvalue weighted by Gasteiger charge is -2.46. The van der Waals surface area contributed by atoms with E-state index in [-0.39, 0.29) is 10.8 Å². The van der Waals surface area contributed by atoms with Crippen LogP contribution in [0.5, 0.6) is 0 Å². The molecule has 1 aliphatic carbocycles. The van der Waals surface area contributed by atoms with Crippen molar-refractivity contribution in [1.29, 1.82) is 0 Å². The van der Waals surface area contributed by atoms with Gasteiger partial charge in [-0.1, -0.05) is 44.8 Å². The van der Waals surface area contributed by atoms with Crippen LogP contribution in [0.25, 0.3) is 0 Å². The predicted octanol–water partition coefficient (Wildman–Crippen LogP) is 4.66. The average Bonchev–Trinajstić information content (AvgIpc) is 2.80. The van der Waals surface area contributed by atoms with Crippen molar-refractivity contribution < 1.29 is 9.47 Å². The van der Waals surface area contributed by atoms with Crippen molar-refractivity contribution in [2.75, 3.05) is 13.2 Å². The molecule has 0 aromatic carbocycles. The Kier molecular flexibility index (Phi) is 4.64. The number of alkyl halides is 1. The third kappa shape index (κ3) is 2.86. The standard InChI is InChI=1S/C16H27ClO2/c1-5-6-7-8-13-12(2)14(17)16(11-15(13,3)4)18-9-10-19-16/h14H,5-11H2,1-4H3. The highest BCUT2D eigenvalue weighted by atomic mass is 35.5. The van der Waals surface area contributed by atoms with Crippen molar-refractivity contribution in [3.8, 4) is 0 Å². The Bertz CT molecular complexity index is 354. The number of allylic oxidation sites excluding steroid dienone is 1. The van der Waals surface area contributed by atoms with E-state index in [1.54, 1.807) is 0 Å². The van der Waals surface area contributed by atoms with E-state index in [4.69, 9.17) is 21.1 Å². The second kappa shape index (κ2) is 5.75.